The minimum Gasteiger partial charge on any atom is -0.493 e. The molecule has 3 rings (SSSR count). The number of aromatic nitrogens is 1. The fourth-order valence-electron chi connectivity index (χ4n) is 3.06. The lowest BCUT2D eigenvalue weighted by Crippen LogP contribution is -2.26. The van der Waals surface area contributed by atoms with Crippen LogP contribution in [0.3, 0.4) is 0 Å². The van der Waals surface area contributed by atoms with Crippen molar-refractivity contribution < 1.29 is 28.5 Å². The van der Waals surface area contributed by atoms with Crippen LogP contribution in [0.1, 0.15) is 28.4 Å². The number of methoxy groups -OCH3 is 3. The number of carbonyl (C=O) groups is 1. The molecule has 1 saturated heterocycles. The van der Waals surface area contributed by atoms with E-state index in [2.05, 4.69) is 4.98 Å². The van der Waals surface area contributed by atoms with E-state index < -0.39 is 5.79 Å². The number of ether oxygens (including phenoxy) is 5. The van der Waals surface area contributed by atoms with Gasteiger partial charge in [-0.1, -0.05) is 11.6 Å². The van der Waals surface area contributed by atoms with Crippen molar-refractivity contribution in [1.29, 1.82) is 0 Å². The summed E-state index contributed by atoms with van der Waals surface area (Å²) in [6, 6.07) is 4.80. The van der Waals surface area contributed by atoms with Crippen LogP contribution in [-0.4, -0.2) is 45.3 Å². The SMILES string of the molecule is COc1cc(C(=O)c2c(C3(C)OCCO3)ccnc2Cl)cc(OC)c1OC. The van der Waals surface area contributed by atoms with Crippen LogP contribution in [-0.2, 0) is 15.3 Å². The zero-order valence-electron chi connectivity index (χ0n) is 15.5. The number of hydrogen-bond acceptors (Lipinski definition) is 7. The first-order valence-corrected chi connectivity index (χ1v) is 8.60. The molecule has 1 aromatic heterocycles. The molecule has 27 heavy (non-hydrogen) atoms. The van der Waals surface area contributed by atoms with E-state index in [1.165, 1.54) is 27.5 Å². The van der Waals surface area contributed by atoms with Crippen LogP contribution in [0.15, 0.2) is 24.4 Å². The quantitative estimate of drug-likeness (QED) is 0.551. The molecule has 0 radical (unpaired) electrons. The highest BCUT2D eigenvalue weighted by molar-refractivity contribution is 6.34. The summed E-state index contributed by atoms with van der Waals surface area (Å²) < 4.78 is 27.4. The molecule has 0 bridgehead atoms. The molecule has 7 nitrogen and oxygen atoms in total. The van der Waals surface area contributed by atoms with E-state index in [-0.39, 0.29) is 16.5 Å². The Kier molecular flexibility index (Phi) is 5.55. The van der Waals surface area contributed by atoms with E-state index in [9.17, 15) is 4.79 Å². The predicted octanol–water partition coefficient (Wildman–Crippen LogP) is 3.21. The molecule has 1 aromatic carbocycles. The normalized spacial score (nSPS) is 15.4. The van der Waals surface area contributed by atoms with Crippen LogP contribution < -0.4 is 14.2 Å². The molecule has 1 fully saturated rings. The highest BCUT2D eigenvalue weighted by atomic mass is 35.5. The maximum atomic E-state index is 13.3. The zero-order chi connectivity index (χ0) is 19.6. The Balaban J connectivity index is 2.15. The molecule has 0 aliphatic carbocycles. The molecule has 1 aliphatic rings. The van der Waals surface area contributed by atoms with Crippen LogP contribution in [0, 0.1) is 0 Å². The monoisotopic (exact) mass is 393 g/mol. The van der Waals surface area contributed by atoms with Gasteiger partial charge in [0.05, 0.1) is 40.1 Å². The fraction of sp³-hybridized carbons (Fsp3) is 0.368. The molecule has 0 spiro atoms. The molecule has 2 aromatic rings. The number of rotatable bonds is 6. The summed E-state index contributed by atoms with van der Waals surface area (Å²) in [6.45, 7) is 2.60. The molecule has 0 atom stereocenters. The number of halogens is 1. The molecule has 144 valence electrons. The van der Waals surface area contributed by atoms with Gasteiger partial charge < -0.3 is 23.7 Å². The summed E-state index contributed by atoms with van der Waals surface area (Å²) in [5.41, 5.74) is 1.03. The molecule has 0 saturated carbocycles. The molecule has 0 unspecified atom stereocenters. The second kappa shape index (κ2) is 7.72. The van der Waals surface area contributed by atoms with Gasteiger partial charge in [0.25, 0.3) is 0 Å². The van der Waals surface area contributed by atoms with Gasteiger partial charge in [-0.3, -0.25) is 4.79 Å². The summed E-state index contributed by atoms with van der Waals surface area (Å²) in [7, 11) is 4.46. The Labute approximate surface area is 162 Å². The first kappa shape index (κ1) is 19.4. The van der Waals surface area contributed by atoms with Crippen LogP contribution >= 0.6 is 11.6 Å². The average molecular weight is 394 g/mol. The summed E-state index contributed by atoms with van der Waals surface area (Å²) in [6.07, 6.45) is 1.51. The summed E-state index contributed by atoms with van der Waals surface area (Å²) in [4.78, 5) is 17.4. The van der Waals surface area contributed by atoms with Crippen molar-refractivity contribution in [3.63, 3.8) is 0 Å². The number of pyridine rings is 1. The minimum absolute atomic E-state index is 0.0616. The molecule has 1 aliphatic heterocycles. The standard InChI is InChI=1S/C19H20ClNO6/c1-19(26-7-8-27-19)12-5-6-21-18(20)15(12)16(22)11-9-13(23-2)17(25-4)14(10-11)24-3/h5-6,9-10H,7-8H2,1-4H3. The van der Waals surface area contributed by atoms with E-state index in [4.69, 9.17) is 35.3 Å². The Morgan fingerprint density at radius 1 is 1.11 bits per heavy atom. The van der Waals surface area contributed by atoms with Crippen molar-refractivity contribution in [3.05, 3.63) is 46.2 Å². The maximum Gasteiger partial charge on any atom is 0.203 e. The number of benzene rings is 1. The van der Waals surface area contributed by atoms with Crippen molar-refractivity contribution in [1.82, 2.24) is 4.98 Å². The molecular weight excluding hydrogens is 374 g/mol. The van der Waals surface area contributed by atoms with Gasteiger partial charge in [0.1, 0.15) is 5.15 Å². The topological polar surface area (TPSA) is 76.1 Å². The molecule has 0 N–H and O–H groups in total. The van der Waals surface area contributed by atoms with Gasteiger partial charge in [-0.05, 0) is 25.1 Å². The van der Waals surface area contributed by atoms with E-state index in [1.807, 2.05) is 0 Å². The average Bonchev–Trinajstić information content (AvgIpc) is 3.13. The largest absolute Gasteiger partial charge is 0.493 e. The Morgan fingerprint density at radius 2 is 1.70 bits per heavy atom. The summed E-state index contributed by atoms with van der Waals surface area (Å²) >= 11 is 6.29. The van der Waals surface area contributed by atoms with E-state index in [0.717, 1.165) is 0 Å². The van der Waals surface area contributed by atoms with Gasteiger partial charge in [-0.15, -0.1) is 0 Å². The minimum atomic E-state index is -1.07. The van der Waals surface area contributed by atoms with Gasteiger partial charge in [0.2, 0.25) is 5.75 Å². The highest BCUT2D eigenvalue weighted by Gasteiger charge is 2.38. The second-order valence-electron chi connectivity index (χ2n) is 5.91. The molecule has 0 amide bonds. The third kappa shape index (κ3) is 3.45. The predicted molar refractivity (Wildman–Crippen MR) is 98.0 cm³/mol. The number of nitrogens with zero attached hydrogens (tertiary/aromatic N) is 1. The van der Waals surface area contributed by atoms with Crippen molar-refractivity contribution in [2.45, 2.75) is 12.7 Å². The van der Waals surface area contributed by atoms with Crippen molar-refractivity contribution >= 4 is 17.4 Å². The zero-order valence-corrected chi connectivity index (χ0v) is 16.3. The van der Waals surface area contributed by atoms with Crippen LogP contribution in [0.2, 0.25) is 5.15 Å². The second-order valence-corrected chi connectivity index (χ2v) is 6.27. The third-order valence-corrected chi connectivity index (χ3v) is 4.67. The Hall–Kier alpha value is -2.35. The number of carbonyl (C=O) groups excluding carboxylic acids is 1. The molecule has 2 heterocycles. The lowest BCUT2D eigenvalue weighted by atomic mass is 9.95. The number of hydrogen-bond donors (Lipinski definition) is 0. The van der Waals surface area contributed by atoms with E-state index in [0.29, 0.717) is 41.6 Å². The first-order chi connectivity index (χ1) is 12.9. The van der Waals surface area contributed by atoms with Crippen LogP contribution in [0.5, 0.6) is 17.2 Å². The lowest BCUT2D eigenvalue weighted by molar-refractivity contribution is -0.150. The first-order valence-electron chi connectivity index (χ1n) is 8.22. The van der Waals surface area contributed by atoms with Crippen LogP contribution in [0.25, 0.3) is 0 Å². The third-order valence-electron chi connectivity index (χ3n) is 4.39. The van der Waals surface area contributed by atoms with Crippen molar-refractivity contribution in [2.75, 3.05) is 34.5 Å². The fourth-order valence-corrected chi connectivity index (χ4v) is 3.30. The van der Waals surface area contributed by atoms with Gasteiger partial charge in [0.15, 0.2) is 23.1 Å². The van der Waals surface area contributed by atoms with Crippen LogP contribution in [0.4, 0.5) is 0 Å². The maximum absolute atomic E-state index is 13.3. The van der Waals surface area contributed by atoms with Crippen molar-refractivity contribution in [3.8, 4) is 17.2 Å². The summed E-state index contributed by atoms with van der Waals surface area (Å²) in [5.74, 6) is -0.313. The highest BCUT2D eigenvalue weighted by Crippen LogP contribution is 2.40. The van der Waals surface area contributed by atoms with E-state index >= 15 is 0 Å². The van der Waals surface area contributed by atoms with Gasteiger partial charge in [-0.25, -0.2) is 4.98 Å². The summed E-state index contributed by atoms with van der Waals surface area (Å²) in [5, 5.41) is 0.0616. The molecule has 8 heteroatoms. The van der Waals surface area contributed by atoms with E-state index in [1.54, 1.807) is 25.1 Å². The van der Waals surface area contributed by atoms with Gasteiger partial charge >= 0.3 is 0 Å². The van der Waals surface area contributed by atoms with Gasteiger partial charge in [-0.2, -0.15) is 0 Å². The van der Waals surface area contributed by atoms with Gasteiger partial charge in [0, 0.05) is 17.3 Å². The Morgan fingerprint density at radius 3 is 2.22 bits per heavy atom. The Bertz CT molecular complexity index is 838. The lowest BCUT2D eigenvalue weighted by Gasteiger charge is -2.25. The molecular formula is C19H20ClNO6. The van der Waals surface area contributed by atoms with Crippen molar-refractivity contribution in [2.24, 2.45) is 0 Å². The smallest absolute Gasteiger partial charge is 0.203 e. The number of ketones is 1.